The summed E-state index contributed by atoms with van der Waals surface area (Å²) in [6, 6.07) is 24.2. The highest BCUT2D eigenvalue weighted by Gasteiger charge is 2.46. The van der Waals surface area contributed by atoms with Crippen molar-refractivity contribution >= 4 is 33.4 Å². The Morgan fingerprint density at radius 2 is 1.68 bits per heavy atom. The molecule has 1 N–H and O–H groups in total. The molecule has 8 heteroatoms. The van der Waals surface area contributed by atoms with Gasteiger partial charge in [0.1, 0.15) is 23.0 Å². The van der Waals surface area contributed by atoms with Crippen molar-refractivity contribution < 1.29 is 24.2 Å². The van der Waals surface area contributed by atoms with Gasteiger partial charge in [-0.25, -0.2) is 0 Å². The lowest BCUT2D eigenvalue weighted by molar-refractivity contribution is -0.140. The van der Waals surface area contributed by atoms with Crippen molar-refractivity contribution in [1.82, 2.24) is 9.88 Å². The predicted molar refractivity (Wildman–Crippen MR) is 146 cm³/mol. The van der Waals surface area contributed by atoms with Crippen molar-refractivity contribution in [2.75, 3.05) is 7.11 Å². The fraction of sp³-hybridized carbons (Fsp3) is 0.100. The van der Waals surface area contributed by atoms with Gasteiger partial charge in [-0.1, -0.05) is 30.3 Å². The molecule has 1 atom stereocenters. The number of halogens is 1. The first-order chi connectivity index (χ1) is 18.5. The van der Waals surface area contributed by atoms with E-state index in [1.54, 1.807) is 60.9 Å². The Balaban J connectivity index is 1.62. The lowest BCUT2D eigenvalue weighted by Crippen LogP contribution is -2.29. The summed E-state index contributed by atoms with van der Waals surface area (Å²) in [5.41, 5.74) is 1.80. The number of benzene rings is 3. The van der Waals surface area contributed by atoms with Gasteiger partial charge >= 0.3 is 0 Å². The number of pyridine rings is 1. The SMILES string of the molecule is COc1ccc(/C(O)=C2\C(=O)C(=O)N(Cc3ccncc3)C2c2cccc(Oc3ccccc3)c2)cc1Br. The zero-order chi connectivity index (χ0) is 26.6. The van der Waals surface area contributed by atoms with Gasteiger partial charge in [0.15, 0.2) is 0 Å². The first kappa shape index (κ1) is 25.2. The number of hydrogen-bond acceptors (Lipinski definition) is 6. The zero-order valence-corrected chi connectivity index (χ0v) is 22.0. The van der Waals surface area contributed by atoms with Crippen molar-refractivity contribution in [1.29, 1.82) is 0 Å². The standard InChI is InChI=1S/C30H23BrN2O5/c1-37-25-11-10-21(17-24(25)31)28(34)26-27(33(30(36)29(26)35)18-19-12-14-32-15-13-19)20-6-5-9-23(16-20)38-22-7-3-2-4-8-22/h2-17,27,34H,18H2,1H3/b28-26+. The highest BCUT2D eigenvalue weighted by atomic mass is 79.9. The van der Waals surface area contributed by atoms with E-state index in [1.165, 1.54) is 12.0 Å². The quantitative estimate of drug-likeness (QED) is 0.160. The molecule has 0 aliphatic carbocycles. The second-order valence-electron chi connectivity index (χ2n) is 8.62. The Morgan fingerprint density at radius 1 is 0.947 bits per heavy atom. The molecule has 1 unspecified atom stereocenters. The van der Waals surface area contributed by atoms with Crippen LogP contribution < -0.4 is 9.47 Å². The molecule has 190 valence electrons. The third-order valence-corrected chi connectivity index (χ3v) is 6.84. The van der Waals surface area contributed by atoms with E-state index >= 15 is 0 Å². The van der Waals surface area contributed by atoms with Crippen LogP contribution in [0.1, 0.15) is 22.7 Å². The van der Waals surface area contributed by atoms with Gasteiger partial charge in [-0.2, -0.15) is 0 Å². The zero-order valence-electron chi connectivity index (χ0n) is 20.4. The smallest absolute Gasteiger partial charge is 0.295 e. The van der Waals surface area contributed by atoms with Crippen molar-refractivity contribution in [3.63, 3.8) is 0 Å². The van der Waals surface area contributed by atoms with Crippen LogP contribution in [0.4, 0.5) is 0 Å². The Hall–Kier alpha value is -4.43. The molecule has 1 fully saturated rings. The molecule has 0 saturated carbocycles. The highest BCUT2D eigenvalue weighted by Crippen LogP contribution is 2.42. The third kappa shape index (κ3) is 5.03. The number of rotatable bonds is 7. The molecular weight excluding hydrogens is 548 g/mol. The number of aliphatic hydroxyl groups excluding tert-OH is 1. The monoisotopic (exact) mass is 570 g/mol. The van der Waals surface area contributed by atoms with E-state index in [4.69, 9.17) is 9.47 Å². The Labute approximate surface area is 228 Å². The van der Waals surface area contributed by atoms with Crippen LogP contribution in [0.3, 0.4) is 0 Å². The maximum Gasteiger partial charge on any atom is 0.295 e. The fourth-order valence-corrected chi connectivity index (χ4v) is 4.96. The summed E-state index contributed by atoms with van der Waals surface area (Å²) >= 11 is 3.42. The van der Waals surface area contributed by atoms with Gasteiger partial charge in [-0.3, -0.25) is 14.6 Å². The highest BCUT2D eigenvalue weighted by molar-refractivity contribution is 9.10. The molecule has 5 rings (SSSR count). The Morgan fingerprint density at radius 3 is 2.39 bits per heavy atom. The van der Waals surface area contributed by atoms with Crippen LogP contribution in [0.15, 0.2) is 107 Å². The van der Waals surface area contributed by atoms with Crippen LogP contribution in [0.25, 0.3) is 5.76 Å². The number of nitrogens with zero attached hydrogens (tertiary/aromatic N) is 2. The lowest BCUT2D eigenvalue weighted by atomic mass is 9.95. The normalized spacial score (nSPS) is 16.5. The number of Topliss-reactive ketones (excluding diaryl/α,β-unsaturated/α-hetero) is 1. The van der Waals surface area contributed by atoms with E-state index in [0.717, 1.165) is 5.56 Å². The number of aromatic nitrogens is 1. The molecule has 0 radical (unpaired) electrons. The number of ether oxygens (including phenoxy) is 2. The number of carbonyl (C=O) groups is 2. The van der Waals surface area contributed by atoms with E-state index in [0.29, 0.717) is 32.8 Å². The molecular formula is C30H23BrN2O5. The maximum absolute atomic E-state index is 13.4. The minimum atomic E-state index is -0.844. The molecule has 1 aromatic heterocycles. The van der Waals surface area contributed by atoms with Crippen LogP contribution in [0, 0.1) is 0 Å². The van der Waals surface area contributed by atoms with Crippen molar-refractivity contribution in [2.24, 2.45) is 0 Å². The fourth-order valence-electron chi connectivity index (χ4n) is 4.42. The Bertz CT molecular complexity index is 1520. The summed E-state index contributed by atoms with van der Waals surface area (Å²) in [6.07, 6.45) is 3.26. The van der Waals surface area contributed by atoms with Crippen molar-refractivity contribution in [3.05, 3.63) is 124 Å². The number of methoxy groups -OCH3 is 1. The van der Waals surface area contributed by atoms with Gasteiger partial charge in [-0.15, -0.1) is 0 Å². The molecule has 0 bridgehead atoms. The molecule has 1 saturated heterocycles. The van der Waals surface area contributed by atoms with E-state index in [9.17, 15) is 14.7 Å². The number of hydrogen-bond donors (Lipinski definition) is 1. The van der Waals surface area contributed by atoms with Gasteiger partial charge in [-0.05, 0) is 81.7 Å². The van der Waals surface area contributed by atoms with Crippen LogP contribution in [-0.4, -0.2) is 33.8 Å². The lowest BCUT2D eigenvalue weighted by Gasteiger charge is -2.26. The largest absolute Gasteiger partial charge is 0.507 e. The van der Waals surface area contributed by atoms with E-state index in [1.807, 2.05) is 36.4 Å². The molecule has 0 spiro atoms. The van der Waals surface area contributed by atoms with Crippen LogP contribution in [0.2, 0.25) is 0 Å². The van der Waals surface area contributed by atoms with Crippen molar-refractivity contribution in [3.8, 4) is 17.2 Å². The summed E-state index contributed by atoms with van der Waals surface area (Å²) in [5.74, 6) is 0.0254. The molecule has 1 aliphatic heterocycles. The summed E-state index contributed by atoms with van der Waals surface area (Å²) in [4.78, 5) is 32.2. The molecule has 3 aromatic carbocycles. The number of likely N-dealkylation sites (tertiary alicyclic amines) is 1. The van der Waals surface area contributed by atoms with Gasteiger partial charge in [0.2, 0.25) is 0 Å². The average molecular weight is 571 g/mol. The molecule has 4 aromatic rings. The predicted octanol–water partition coefficient (Wildman–Crippen LogP) is 6.27. The van der Waals surface area contributed by atoms with Gasteiger partial charge in [0, 0.05) is 24.5 Å². The van der Waals surface area contributed by atoms with Crippen LogP contribution in [-0.2, 0) is 16.1 Å². The number of amides is 1. The second-order valence-corrected chi connectivity index (χ2v) is 9.47. The summed E-state index contributed by atoms with van der Waals surface area (Å²) in [5, 5.41) is 11.4. The summed E-state index contributed by atoms with van der Waals surface area (Å²) in [6.45, 7) is 0.157. The van der Waals surface area contributed by atoms with E-state index in [-0.39, 0.29) is 17.9 Å². The topological polar surface area (TPSA) is 89.0 Å². The minimum absolute atomic E-state index is 0.00187. The molecule has 2 heterocycles. The minimum Gasteiger partial charge on any atom is -0.507 e. The van der Waals surface area contributed by atoms with Crippen molar-refractivity contribution in [2.45, 2.75) is 12.6 Å². The first-order valence-electron chi connectivity index (χ1n) is 11.8. The number of carbonyl (C=O) groups excluding carboxylic acids is 2. The van der Waals surface area contributed by atoms with Crippen LogP contribution >= 0.6 is 15.9 Å². The maximum atomic E-state index is 13.4. The van der Waals surface area contributed by atoms with Gasteiger partial charge in [0.25, 0.3) is 11.7 Å². The second kappa shape index (κ2) is 10.9. The van der Waals surface area contributed by atoms with Gasteiger partial charge < -0.3 is 19.5 Å². The molecule has 7 nitrogen and oxygen atoms in total. The first-order valence-corrected chi connectivity index (χ1v) is 12.6. The van der Waals surface area contributed by atoms with Crippen LogP contribution in [0.5, 0.6) is 17.2 Å². The Kier molecular flexibility index (Phi) is 7.24. The number of aliphatic hydroxyl groups is 1. The molecule has 38 heavy (non-hydrogen) atoms. The number of ketones is 1. The van der Waals surface area contributed by atoms with E-state index in [2.05, 4.69) is 20.9 Å². The summed E-state index contributed by atoms with van der Waals surface area (Å²) < 4.78 is 11.9. The van der Waals surface area contributed by atoms with E-state index < -0.39 is 17.7 Å². The average Bonchev–Trinajstić information content (AvgIpc) is 3.19. The van der Waals surface area contributed by atoms with Gasteiger partial charge in [0.05, 0.1) is 23.2 Å². The number of para-hydroxylation sites is 1. The molecule has 1 amide bonds. The third-order valence-electron chi connectivity index (χ3n) is 6.22. The molecule has 1 aliphatic rings. The summed E-state index contributed by atoms with van der Waals surface area (Å²) in [7, 11) is 1.54.